The zero-order valence-electron chi connectivity index (χ0n) is 14.7. The highest BCUT2D eigenvalue weighted by atomic mass is 16.3. The summed E-state index contributed by atoms with van der Waals surface area (Å²) in [6.45, 7) is -0.0723. The number of ketones is 2. The third-order valence-corrected chi connectivity index (χ3v) is 4.73. The Balaban J connectivity index is 1.88. The van der Waals surface area contributed by atoms with Crippen LogP contribution in [-0.4, -0.2) is 23.7 Å². The van der Waals surface area contributed by atoms with Gasteiger partial charge in [0.25, 0.3) is 0 Å². The summed E-state index contributed by atoms with van der Waals surface area (Å²) in [6.07, 6.45) is 0. The largest absolute Gasteiger partial charge is 0.392 e. The molecule has 3 aromatic carbocycles. The van der Waals surface area contributed by atoms with E-state index in [-0.39, 0.29) is 18.2 Å². The van der Waals surface area contributed by atoms with Crippen molar-refractivity contribution in [2.24, 2.45) is 0 Å². The van der Waals surface area contributed by atoms with Gasteiger partial charge in [0, 0.05) is 29.5 Å². The van der Waals surface area contributed by atoms with Crippen LogP contribution in [0.3, 0.4) is 0 Å². The van der Waals surface area contributed by atoms with E-state index in [1.54, 1.807) is 49.5 Å². The smallest absolute Gasteiger partial charge is 0.196 e. The summed E-state index contributed by atoms with van der Waals surface area (Å²) in [7, 11) is 1.73. The number of fused-ring (bicyclic) bond motifs is 2. The highest BCUT2D eigenvalue weighted by molar-refractivity contribution is 6.32. The van der Waals surface area contributed by atoms with Gasteiger partial charge < -0.3 is 15.7 Å². The SMILES string of the molecule is CNc1ccc(Nc2cccc(CO)c2)c2c1C(=O)c1ccccc1C2=O. The molecular weight excluding hydrogens is 340 g/mol. The van der Waals surface area contributed by atoms with Crippen LogP contribution in [0.2, 0.25) is 0 Å². The van der Waals surface area contributed by atoms with Gasteiger partial charge >= 0.3 is 0 Å². The van der Waals surface area contributed by atoms with Gasteiger partial charge in [0.15, 0.2) is 11.6 Å². The second-order valence-corrected chi connectivity index (χ2v) is 6.35. The van der Waals surface area contributed by atoms with Crippen LogP contribution in [0.4, 0.5) is 17.1 Å². The summed E-state index contributed by atoms with van der Waals surface area (Å²) in [5.74, 6) is -0.351. The number of nitrogens with one attached hydrogen (secondary N) is 2. The average Bonchev–Trinajstić information content (AvgIpc) is 2.72. The van der Waals surface area contributed by atoms with Gasteiger partial charge in [0.2, 0.25) is 0 Å². The number of hydrogen-bond acceptors (Lipinski definition) is 5. The van der Waals surface area contributed by atoms with E-state index in [0.717, 1.165) is 11.3 Å². The maximum atomic E-state index is 13.2. The number of aliphatic hydroxyl groups excluding tert-OH is 1. The lowest BCUT2D eigenvalue weighted by Crippen LogP contribution is -2.23. The summed E-state index contributed by atoms with van der Waals surface area (Å²) < 4.78 is 0. The minimum absolute atomic E-state index is 0.0723. The second kappa shape index (κ2) is 6.70. The summed E-state index contributed by atoms with van der Waals surface area (Å²) in [5, 5.41) is 15.6. The Morgan fingerprint density at radius 2 is 1.44 bits per heavy atom. The molecule has 4 rings (SSSR count). The molecule has 0 aliphatic heterocycles. The highest BCUT2D eigenvalue weighted by Gasteiger charge is 2.33. The van der Waals surface area contributed by atoms with Gasteiger partial charge in [-0.1, -0.05) is 36.4 Å². The molecule has 0 radical (unpaired) electrons. The number of aliphatic hydroxyl groups is 1. The van der Waals surface area contributed by atoms with Crippen molar-refractivity contribution in [2.45, 2.75) is 6.61 Å². The molecule has 5 nitrogen and oxygen atoms in total. The fourth-order valence-corrected chi connectivity index (χ4v) is 3.44. The van der Waals surface area contributed by atoms with Crippen LogP contribution >= 0.6 is 0 Å². The first-order valence-corrected chi connectivity index (χ1v) is 8.64. The topological polar surface area (TPSA) is 78.4 Å². The van der Waals surface area contributed by atoms with E-state index in [1.807, 2.05) is 18.2 Å². The fourth-order valence-electron chi connectivity index (χ4n) is 3.44. The Kier molecular flexibility index (Phi) is 4.22. The van der Waals surface area contributed by atoms with Crippen LogP contribution in [0.15, 0.2) is 60.7 Å². The van der Waals surface area contributed by atoms with Gasteiger partial charge in [-0.05, 0) is 29.8 Å². The third-order valence-electron chi connectivity index (χ3n) is 4.73. The molecule has 0 heterocycles. The minimum Gasteiger partial charge on any atom is -0.392 e. The van der Waals surface area contributed by atoms with E-state index < -0.39 is 0 Å². The molecule has 3 aromatic rings. The minimum atomic E-state index is -0.182. The van der Waals surface area contributed by atoms with Crippen molar-refractivity contribution in [1.29, 1.82) is 0 Å². The van der Waals surface area contributed by atoms with Gasteiger partial charge in [-0.3, -0.25) is 9.59 Å². The number of benzene rings is 3. The summed E-state index contributed by atoms with van der Waals surface area (Å²) in [4.78, 5) is 26.3. The van der Waals surface area contributed by atoms with Crippen LogP contribution < -0.4 is 10.6 Å². The lowest BCUT2D eigenvalue weighted by molar-refractivity contribution is 0.0980. The van der Waals surface area contributed by atoms with Crippen molar-refractivity contribution in [1.82, 2.24) is 0 Å². The Morgan fingerprint density at radius 3 is 2.07 bits per heavy atom. The molecule has 0 atom stereocenters. The molecule has 134 valence electrons. The molecule has 0 aromatic heterocycles. The average molecular weight is 358 g/mol. The summed E-state index contributed by atoms with van der Waals surface area (Å²) in [6, 6.07) is 17.8. The number of hydrogen-bond donors (Lipinski definition) is 3. The number of carbonyl (C=O) groups is 2. The first-order valence-electron chi connectivity index (χ1n) is 8.64. The van der Waals surface area contributed by atoms with Crippen LogP contribution in [0, 0.1) is 0 Å². The molecule has 27 heavy (non-hydrogen) atoms. The van der Waals surface area contributed by atoms with Gasteiger partial charge in [-0.2, -0.15) is 0 Å². The van der Waals surface area contributed by atoms with Crippen LogP contribution in [0.1, 0.15) is 37.4 Å². The van der Waals surface area contributed by atoms with Crippen LogP contribution in [-0.2, 0) is 6.61 Å². The predicted octanol–water partition coefficient (Wildman–Crippen LogP) is 3.74. The molecule has 1 aliphatic rings. The van der Waals surface area contributed by atoms with Crippen molar-refractivity contribution in [3.8, 4) is 0 Å². The van der Waals surface area contributed by atoms with Crippen molar-refractivity contribution < 1.29 is 14.7 Å². The standard InChI is InChI=1S/C22H18N2O3/c1-23-17-9-10-18(24-14-6-4-5-13(11-14)12-25)20-19(17)21(26)15-7-2-3-8-16(15)22(20)27/h2-11,23-25H,12H2,1H3. The van der Waals surface area contributed by atoms with Gasteiger partial charge in [0.1, 0.15) is 0 Å². The van der Waals surface area contributed by atoms with Crippen LogP contribution in [0.5, 0.6) is 0 Å². The highest BCUT2D eigenvalue weighted by Crippen LogP contribution is 2.37. The zero-order valence-corrected chi connectivity index (χ0v) is 14.7. The molecule has 5 heteroatoms. The number of rotatable bonds is 4. The molecule has 0 saturated heterocycles. The lowest BCUT2D eigenvalue weighted by Gasteiger charge is -2.23. The maximum Gasteiger partial charge on any atom is 0.196 e. The number of anilines is 3. The normalized spacial score (nSPS) is 12.4. The van der Waals surface area contributed by atoms with Crippen molar-refractivity contribution in [3.05, 3.63) is 88.5 Å². The fraction of sp³-hybridized carbons (Fsp3) is 0.0909. The number of carbonyl (C=O) groups excluding carboxylic acids is 2. The summed E-state index contributed by atoms with van der Waals surface area (Å²) >= 11 is 0. The molecule has 3 N–H and O–H groups in total. The van der Waals surface area contributed by atoms with E-state index in [4.69, 9.17) is 0 Å². The molecule has 0 unspecified atom stereocenters. The molecule has 0 fully saturated rings. The van der Waals surface area contributed by atoms with E-state index >= 15 is 0 Å². The lowest BCUT2D eigenvalue weighted by atomic mass is 9.82. The Hall–Kier alpha value is -3.44. The van der Waals surface area contributed by atoms with E-state index in [0.29, 0.717) is 33.6 Å². The van der Waals surface area contributed by atoms with E-state index in [9.17, 15) is 14.7 Å². The molecule has 1 aliphatic carbocycles. The second-order valence-electron chi connectivity index (χ2n) is 6.35. The van der Waals surface area contributed by atoms with Crippen molar-refractivity contribution in [3.63, 3.8) is 0 Å². The third kappa shape index (κ3) is 2.78. The maximum absolute atomic E-state index is 13.2. The van der Waals surface area contributed by atoms with E-state index in [1.165, 1.54) is 0 Å². The Bertz CT molecular complexity index is 1070. The predicted molar refractivity (Wildman–Crippen MR) is 105 cm³/mol. The zero-order chi connectivity index (χ0) is 19.0. The molecule has 0 spiro atoms. The molecular formula is C22H18N2O3. The first-order chi connectivity index (χ1) is 13.1. The monoisotopic (exact) mass is 358 g/mol. The van der Waals surface area contributed by atoms with Gasteiger partial charge in [-0.15, -0.1) is 0 Å². The van der Waals surface area contributed by atoms with Crippen molar-refractivity contribution in [2.75, 3.05) is 17.7 Å². The van der Waals surface area contributed by atoms with Crippen molar-refractivity contribution >= 4 is 28.6 Å². The van der Waals surface area contributed by atoms with E-state index in [2.05, 4.69) is 10.6 Å². The Morgan fingerprint density at radius 1 is 0.815 bits per heavy atom. The quantitative estimate of drug-likeness (QED) is 0.518. The van der Waals surface area contributed by atoms with Gasteiger partial charge in [-0.25, -0.2) is 0 Å². The van der Waals surface area contributed by atoms with Crippen LogP contribution in [0.25, 0.3) is 0 Å². The first kappa shape index (κ1) is 17.0. The molecule has 0 saturated carbocycles. The van der Waals surface area contributed by atoms with Gasteiger partial charge in [0.05, 0.1) is 23.4 Å². The molecule has 0 amide bonds. The molecule has 0 bridgehead atoms. The summed E-state index contributed by atoms with van der Waals surface area (Å²) in [5.41, 5.74) is 4.25. The Labute approximate surface area is 156 Å².